The van der Waals surface area contributed by atoms with Crippen LogP contribution in [0.4, 0.5) is 5.82 Å². The van der Waals surface area contributed by atoms with E-state index in [4.69, 9.17) is 31.9 Å². The Kier molecular flexibility index (Phi) is 4.49. The Hall–Kier alpha value is -1.37. The number of phosphoric acid groups is 1. The number of nitrogens with zero attached hydrogens (tertiary/aromatic N) is 4. The lowest BCUT2D eigenvalue weighted by atomic mass is 10.1. The number of imidazole rings is 1. The minimum Gasteiger partial charge on any atom is -0.387 e. The molecule has 0 bridgehead atoms. The zero-order valence-electron chi connectivity index (χ0n) is 11.8. The fourth-order valence-electron chi connectivity index (χ4n) is 2.36. The van der Waals surface area contributed by atoms with Crippen molar-refractivity contribution in [2.45, 2.75) is 24.5 Å². The maximum atomic E-state index is 10.7. The summed E-state index contributed by atoms with van der Waals surface area (Å²) in [6.07, 6.45) is -3.93. The number of nitrogen functional groups attached to an aromatic ring is 1. The lowest BCUT2D eigenvalue weighted by Crippen LogP contribution is -2.33. The topological polar surface area (TPSA) is 186 Å². The quantitative estimate of drug-likeness (QED) is 0.316. The third-order valence-electron chi connectivity index (χ3n) is 3.44. The van der Waals surface area contributed by atoms with Crippen LogP contribution in [0.15, 0.2) is 6.33 Å². The van der Waals surface area contributed by atoms with Crippen molar-refractivity contribution in [2.24, 2.45) is 0 Å². The van der Waals surface area contributed by atoms with Gasteiger partial charge in [-0.25, -0.2) is 9.55 Å². The summed E-state index contributed by atoms with van der Waals surface area (Å²) in [5.74, 6) is 0.0261. The minimum atomic E-state index is -4.74. The zero-order chi connectivity index (χ0) is 17.6. The van der Waals surface area contributed by atoms with Gasteiger partial charge in [-0.05, 0) is 11.6 Å². The number of ether oxygens (including phenoxy) is 1. The fourth-order valence-corrected chi connectivity index (χ4v) is 2.88. The van der Waals surface area contributed by atoms with Crippen molar-refractivity contribution < 1.29 is 33.8 Å². The molecule has 2 aromatic heterocycles. The Balaban J connectivity index is 1.89. The number of hydrogen-bond donors (Lipinski definition) is 5. The molecule has 1 aliphatic rings. The van der Waals surface area contributed by atoms with E-state index in [-0.39, 0.29) is 22.3 Å². The standard InChI is InChI=1S/C10H13ClN5O7P/c11-10-14-7(12)4-8(15-10)16(2-13-4)9-6(18)5(17)3(23-9)1-22-24(19,20)21/h2-3,5-6,9,17-18H,1H2,(H2,12,14,15)(H2,19,20,21). The molecule has 1 saturated heterocycles. The highest BCUT2D eigenvalue weighted by atomic mass is 35.5. The van der Waals surface area contributed by atoms with Crippen molar-refractivity contribution >= 4 is 36.4 Å². The SMILES string of the molecule is Nc1nc(Cl)nc2c1ncn2C1OC(COP(=O)(O)O)C(O)C1O. The first kappa shape index (κ1) is 17.5. The van der Waals surface area contributed by atoms with E-state index in [9.17, 15) is 14.8 Å². The lowest BCUT2D eigenvalue weighted by molar-refractivity contribution is -0.0504. The van der Waals surface area contributed by atoms with Gasteiger partial charge in [0, 0.05) is 0 Å². The Morgan fingerprint density at radius 3 is 2.75 bits per heavy atom. The normalized spacial score (nSPS) is 27.9. The van der Waals surface area contributed by atoms with Crippen LogP contribution < -0.4 is 5.73 Å². The molecule has 0 radical (unpaired) electrons. The molecule has 3 heterocycles. The van der Waals surface area contributed by atoms with E-state index >= 15 is 0 Å². The Morgan fingerprint density at radius 2 is 2.08 bits per heavy atom. The van der Waals surface area contributed by atoms with E-state index in [0.29, 0.717) is 0 Å². The minimum absolute atomic E-state index is 0.0261. The molecule has 14 heteroatoms. The first-order chi connectivity index (χ1) is 11.2. The molecule has 2 aromatic rings. The molecule has 0 spiro atoms. The van der Waals surface area contributed by atoms with Gasteiger partial charge in [0.25, 0.3) is 0 Å². The molecule has 12 nitrogen and oxygen atoms in total. The number of anilines is 1. The number of nitrogens with two attached hydrogens (primary N) is 1. The summed E-state index contributed by atoms with van der Waals surface area (Å²) in [7, 11) is -4.74. The van der Waals surface area contributed by atoms with E-state index in [2.05, 4.69) is 19.5 Å². The molecule has 4 atom stereocenters. The van der Waals surface area contributed by atoms with E-state index in [0.717, 1.165) is 0 Å². The Bertz CT molecular complexity index is 812. The number of halogens is 1. The Morgan fingerprint density at radius 1 is 1.38 bits per heavy atom. The summed E-state index contributed by atoms with van der Waals surface area (Å²) in [5, 5.41) is 20.0. The van der Waals surface area contributed by atoms with Crippen LogP contribution in [0.25, 0.3) is 11.2 Å². The zero-order valence-corrected chi connectivity index (χ0v) is 13.4. The molecular weight excluding hydrogens is 369 g/mol. The number of hydrogen-bond acceptors (Lipinski definition) is 9. The van der Waals surface area contributed by atoms with Gasteiger partial charge in [-0.3, -0.25) is 9.09 Å². The number of aromatic nitrogens is 4. The molecule has 1 aliphatic heterocycles. The van der Waals surface area contributed by atoms with Gasteiger partial charge < -0.3 is 30.5 Å². The second-order valence-electron chi connectivity index (χ2n) is 5.03. The van der Waals surface area contributed by atoms with E-state index in [1.165, 1.54) is 10.9 Å². The molecule has 0 aliphatic carbocycles. The van der Waals surface area contributed by atoms with Crippen molar-refractivity contribution in [3.05, 3.63) is 11.6 Å². The van der Waals surface area contributed by atoms with Crippen molar-refractivity contribution in [3.8, 4) is 0 Å². The largest absolute Gasteiger partial charge is 0.469 e. The van der Waals surface area contributed by atoms with Crippen LogP contribution in [0, 0.1) is 0 Å². The van der Waals surface area contributed by atoms with Gasteiger partial charge in [0.15, 0.2) is 17.7 Å². The van der Waals surface area contributed by atoms with Crippen molar-refractivity contribution in [2.75, 3.05) is 12.3 Å². The van der Waals surface area contributed by atoms with Gasteiger partial charge in [0.2, 0.25) is 5.28 Å². The highest BCUT2D eigenvalue weighted by molar-refractivity contribution is 7.46. The summed E-state index contributed by atoms with van der Waals surface area (Å²) < 4.78 is 21.8. The monoisotopic (exact) mass is 381 g/mol. The third-order valence-corrected chi connectivity index (χ3v) is 4.09. The maximum Gasteiger partial charge on any atom is 0.469 e. The maximum absolute atomic E-state index is 10.7. The van der Waals surface area contributed by atoms with Gasteiger partial charge in [-0.1, -0.05) is 0 Å². The molecule has 0 amide bonds. The summed E-state index contributed by atoms with van der Waals surface area (Å²) in [6, 6.07) is 0. The van der Waals surface area contributed by atoms with Crippen molar-refractivity contribution in [3.63, 3.8) is 0 Å². The van der Waals surface area contributed by atoms with Crippen LogP contribution in [0.3, 0.4) is 0 Å². The molecule has 3 rings (SSSR count). The molecule has 1 fully saturated rings. The lowest BCUT2D eigenvalue weighted by Gasteiger charge is -2.16. The second kappa shape index (κ2) is 6.17. The third kappa shape index (κ3) is 3.23. The smallest absolute Gasteiger partial charge is 0.387 e. The van der Waals surface area contributed by atoms with Crippen LogP contribution in [-0.4, -0.2) is 64.4 Å². The summed E-state index contributed by atoms with van der Waals surface area (Å²) in [6.45, 7) is -0.622. The molecule has 6 N–H and O–H groups in total. The molecule has 4 unspecified atom stereocenters. The number of phosphoric ester groups is 1. The predicted molar refractivity (Wildman–Crippen MR) is 78.7 cm³/mol. The highest BCUT2D eigenvalue weighted by Gasteiger charge is 2.45. The molecule has 132 valence electrons. The van der Waals surface area contributed by atoms with E-state index < -0.39 is 39.0 Å². The second-order valence-corrected chi connectivity index (χ2v) is 6.61. The van der Waals surface area contributed by atoms with Gasteiger partial charge >= 0.3 is 7.82 Å². The highest BCUT2D eigenvalue weighted by Crippen LogP contribution is 2.38. The Labute approximate surface area is 139 Å². The first-order valence-electron chi connectivity index (χ1n) is 6.54. The first-order valence-corrected chi connectivity index (χ1v) is 8.45. The van der Waals surface area contributed by atoms with Gasteiger partial charge in [-0.2, -0.15) is 9.97 Å². The summed E-state index contributed by atoms with van der Waals surface area (Å²) in [5.41, 5.74) is 6.07. The van der Waals surface area contributed by atoms with Crippen molar-refractivity contribution in [1.29, 1.82) is 0 Å². The predicted octanol–water partition coefficient (Wildman–Crippen LogP) is -1.21. The summed E-state index contributed by atoms with van der Waals surface area (Å²) >= 11 is 5.75. The van der Waals surface area contributed by atoms with Crippen LogP contribution in [-0.2, 0) is 13.8 Å². The van der Waals surface area contributed by atoms with Gasteiger partial charge in [-0.15, -0.1) is 0 Å². The molecule has 0 aromatic carbocycles. The number of fused-ring (bicyclic) bond motifs is 1. The van der Waals surface area contributed by atoms with Gasteiger partial charge in [0.05, 0.1) is 12.9 Å². The number of aliphatic hydroxyl groups excluding tert-OH is 2. The fraction of sp³-hybridized carbons (Fsp3) is 0.500. The van der Waals surface area contributed by atoms with Gasteiger partial charge in [0.1, 0.15) is 23.8 Å². The van der Waals surface area contributed by atoms with E-state index in [1.54, 1.807) is 0 Å². The molecule has 0 saturated carbocycles. The van der Waals surface area contributed by atoms with Crippen molar-refractivity contribution in [1.82, 2.24) is 19.5 Å². The van der Waals surface area contributed by atoms with Crippen LogP contribution in [0.1, 0.15) is 6.23 Å². The number of rotatable bonds is 4. The average Bonchev–Trinajstić information content (AvgIpc) is 3.00. The number of aliphatic hydroxyl groups is 2. The van der Waals surface area contributed by atoms with Crippen LogP contribution >= 0.6 is 19.4 Å². The summed E-state index contributed by atoms with van der Waals surface area (Å²) in [4.78, 5) is 29.1. The van der Waals surface area contributed by atoms with Crippen LogP contribution in [0.2, 0.25) is 5.28 Å². The van der Waals surface area contributed by atoms with Crippen LogP contribution in [0.5, 0.6) is 0 Å². The molecular formula is C10H13ClN5O7P. The van der Waals surface area contributed by atoms with E-state index in [1.807, 2.05) is 0 Å². The average molecular weight is 382 g/mol. The molecule has 24 heavy (non-hydrogen) atoms.